The highest BCUT2D eigenvalue weighted by Gasteiger charge is 2.11. The summed E-state index contributed by atoms with van der Waals surface area (Å²) >= 11 is 11.9. The van der Waals surface area contributed by atoms with Crippen molar-refractivity contribution in [2.75, 3.05) is 5.32 Å². The van der Waals surface area contributed by atoms with Gasteiger partial charge in [0.25, 0.3) is 5.91 Å². The fourth-order valence-corrected chi connectivity index (χ4v) is 3.50. The molecule has 0 heterocycles. The molecule has 3 aromatic rings. The number of hydrogen-bond donors (Lipinski definition) is 5. The average molecular weight is 591 g/mol. The highest BCUT2D eigenvalue weighted by molar-refractivity contribution is 9.10. The maximum atomic E-state index is 12.6. The normalized spacial score (nSPS) is 11.0. The molecule has 3 rings (SSSR count). The molecule has 0 fully saturated rings. The molecule has 0 aromatic heterocycles. The van der Waals surface area contributed by atoms with Gasteiger partial charge in [-0.05, 0) is 60.7 Å². The van der Waals surface area contributed by atoms with Crippen LogP contribution in [0.5, 0.6) is 11.5 Å². The van der Waals surface area contributed by atoms with Crippen molar-refractivity contribution in [2.24, 2.45) is 10.2 Å². The van der Waals surface area contributed by atoms with Gasteiger partial charge in [0.05, 0.1) is 23.7 Å². The molecule has 168 valence electrons. The van der Waals surface area contributed by atoms with Crippen molar-refractivity contribution in [1.82, 2.24) is 10.9 Å². The molecule has 0 bridgehead atoms. The van der Waals surface area contributed by atoms with Gasteiger partial charge >= 0.3 is 0 Å². The number of nitrogens with zero attached hydrogens (tertiary/aromatic N) is 2. The van der Waals surface area contributed by atoms with Crippen molar-refractivity contribution < 1.29 is 15.0 Å². The Morgan fingerprint density at radius 1 is 0.848 bits per heavy atom. The van der Waals surface area contributed by atoms with Crippen molar-refractivity contribution in [3.63, 3.8) is 0 Å². The number of rotatable bonds is 6. The average Bonchev–Trinajstić information content (AvgIpc) is 2.78. The Morgan fingerprint density at radius 2 is 1.39 bits per heavy atom. The third-order valence-corrected chi connectivity index (χ3v) is 5.32. The van der Waals surface area contributed by atoms with Gasteiger partial charge in [-0.3, -0.25) is 10.2 Å². The predicted octanol–water partition coefficient (Wildman–Crippen LogP) is 4.71. The molecular weight excluding hydrogens is 574 g/mol. The standard InChI is InChI=1S/C22H17Br2N5O3S/c23-15-5-7-19(30)13(9-15)11-25-28-21(32)17-3-1-2-4-18(17)27-22(33)29-26-12-14-10-16(24)6-8-20(14)31/h1-12,30-31H,(H,28,32)(H2,27,29,33)/b25-11-,26-12-. The molecule has 5 N–H and O–H groups in total. The first-order valence-corrected chi connectivity index (χ1v) is 11.3. The largest absolute Gasteiger partial charge is 0.507 e. The highest BCUT2D eigenvalue weighted by Crippen LogP contribution is 2.21. The molecule has 1 amide bonds. The van der Waals surface area contributed by atoms with Gasteiger partial charge < -0.3 is 15.5 Å². The van der Waals surface area contributed by atoms with E-state index in [1.807, 2.05) is 0 Å². The van der Waals surface area contributed by atoms with Crippen LogP contribution < -0.4 is 16.2 Å². The van der Waals surface area contributed by atoms with Crippen molar-refractivity contribution in [3.05, 3.63) is 86.3 Å². The fourth-order valence-electron chi connectivity index (χ4n) is 2.58. The number of hydrogen-bond acceptors (Lipinski definition) is 6. The first-order chi connectivity index (χ1) is 15.8. The van der Waals surface area contributed by atoms with Crippen LogP contribution in [0, 0.1) is 0 Å². The summed E-state index contributed by atoms with van der Waals surface area (Å²) in [4.78, 5) is 12.6. The number of hydrazone groups is 2. The van der Waals surface area contributed by atoms with Gasteiger partial charge in [-0.15, -0.1) is 0 Å². The second-order valence-electron chi connectivity index (χ2n) is 6.48. The lowest BCUT2D eigenvalue weighted by molar-refractivity contribution is 0.0956. The molecule has 3 aromatic carbocycles. The minimum absolute atomic E-state index is 0.0337. The molecule has 0 saturated carbocycles. The number of amides is 1. The quantitative estimate of drug-likeness (QED) is 0.161. The molecule has 0 unspecified atom stereocenters. The first-order valence-electron chi connectivity index (χ1n) is 9.33. The Morgan fingerprint density at radius 3 is 2.00 bits per heavy atom. The maximum absolute atomic E-state index is 12.6. The number of phenols is 2. The molecular formula is C22H17Br2N5O3S. The van der Waals surface area contributed by atoms with E-state index in [1.165, 1.54) is 24.6 Å². The first kappa shape index (κ1) is 24.4. The van der Waals surface area contributed by atoms with Crippen LogP contribution in [0.3, 0.4) is 0 Å². The number of halogens is 2. The van der Waals surface area contributed by atoms with Crippen LogP contribution in [0.25, 0.3) is 0 Å². The second kappa shape index (κ2) is 11.5. The number of thiocarbonyl (C=S) groups is 1. The molecule has 11 heteroatoms. The molecule has 0 radical (unpaired) electrons. The Bertz CT molecular complexity index is 1250. The number of carbonyl (C=O) groups is 1. The highest BCUT2D eigenvalue weighted by atomic mass is 79.9. The van der Waals surface area contributed by atoms with Crippen molar-refractivity contribution in [2.45, 2.75) is 0 Å². The van der Waals surface area contributed by atoms with E-state index in [9.17, 15) is 15.0 Å². The van der Waals surface area contributed by atoms with Crippen molar-refractivity contribution in [3.8, 4) is 11.5 Å². The van der Waals surface area contributed by atoms with Crippen LogP contribution in [0.4, 0.5) is 5.69 Å². The Hall–Kier alpha value is -3.28. The van der Waals surface area contributed by atoms with Crippen LogP contribution >= 0.6 is 44.1 Å². The van der Waals surface area contributed by atoms with Crippen molar-refractivity contribution >= 4 is 73.2 Å². The SMILES string of the molecule is O=C(N/N=C\c1cc(Br)ccc1O)c1ccccc1NC(=S)N/N=C\c1cc(Br)ccc1O. The van der Waals surface area contributed by atoms with Gasteiger partial charge in [0.15, 0.2) is 5.11 Å². The van der Waals surface area contributed by atoms with E-state index < -0.39 is 5.91 Å². The van der Waals surface area contributed by atoms with E-state index in [1.54, 1.807) is 48.5 Å². The zero-order valence-electron chi connectivity index (χ0n) is 16.8. The van der Waals surface area contributed by atoms with Gasteiger partial charge in [-0.1, -0.05) is 44.0 Å². The van der Waals surface area contributed by atoms with E-state index in [-0.39, 0.29) is 16.6 Å². The van der Waals surface area contributed by atoms with Gasteiger partial charge in [0.2, 0.25) is 0 Å². The molecule has 0 atom stereocenters. The summed E-state index contributed by atoms with van der Waals surface area (Å²) in [7, 11) is 0. The Kier molecular flexibility index (Phi) is 8.52. The van der Waals surface area contributed by atoms with E-state index in [0.717, 1.165) is 8.95 Å². The van der Waals surface area contributed by atoms with E-state index >= 15 is 0 Å². The van der Waals surface area contributed by atoms with E-state index in [2.05, 4.69) is 58.2 Å². The minimum atomic E-state index is -0.478. The topological polar surface area (TPSA) is 118 Å². The van der Waals surface area contributed by atoms with Gasteiger partial charge in [0, 0.05) is 20.1 Å². The number of benzene rings is 3. The molecule has 8 nitrogen and oxygen atoms in total. The number of nitrogens with one attached hydrogen (secondary N) is 3. The number of para-hydroxylation sites is 1. The molecule has 0 aliphatic heterocycles. The number of anilines is 1. The monoisotopic (exact) mass is 589 g/mol. The zero-order valence-corrected chi connectivity index (χ0v) is 20.8. The summed E-state index contributed by atoms with van der Waals surface area (Å²) in [6.07, 6.45) is 2.76. The van der Waals surface area contributed by atoms with E-state index in [4.69, 9.17) is 12.2 Å². The third kappa shape index (κ3) is 7.11. The van der Waals surface area contributed by atoms with Gasteiger partial charge in [-0.25, -0.2) is 5.43 Å². The van der Waals surface area contributed by atoms with Crippen LogP contribution in [0.2, 0.25) is 0 Å². The lowest BCUT2D eigenvalue weighted by Gasteiger charge is -2.11. The van der Waals surface area contributed by atoms with Gasteiger partial charge in [-0.2, -0.15) is 10.2 Å². The Balaban J connectivity index is 1.63. The van der Waals surface area contributed by atoms with Crippen LogP contribution in [0.1, 0.15) is 21.5 Å². The van der Waals surface area contributed by atoms with Crippen LogP contribution in [-0.2, 0) is 0 Å². The fraction of sp³-hybridized carbons (Fsp3) is 0. The summed E-state index contributed by atoms with van der Waals surface area (Å²) in [6.45, 7) is 0. The smallest absolute Gasteiger partial charge is 0.273 e. The van der Waals surface area contributed by atoms with Crippen LogP contribution in [0.15, 0.2) is 79.8 Å². The number of aromatic hydroxyl groups is 2. The summed E-state index contributed by atoms with van der Waals surface area (Å²) in [5, 5.41) is 30.6. The maximum Gasteiger partial charge on any atom is 0.273 e. The molecule has 33 heavy (non-hydrogen) atoms. The van der Waals surface area contributed by atoms with Gasteiger partial charge in [0.1, 0.15) is 11.5 Å². The number of carbonyl (C=O) groups excluding carboxylic acids is 1. The molecule has 0 spiro atoms. The molecule has 0 saturated heterocycles. The summed E-state index contributed by atoms with van der Waals surface area (Å²) in [5.41, 5.74) is 6.73. The summed E-state index contributed by atoms with van der Waals surface area (Å²) < 4.78 is 1.56. The minimum Gasteiger partial charge on any atom is -0.507 e. The Labute approximate surface area is 211 Å². The van der Waals surface area contributed by atoms with Crippen molar-refractivity contribution in [1.29, 1.82) is 0 Å². The summed E-state index contributed by atoms with van der Waals surface area (Å²) in [6, 6.07) is 16.5. The lowest BCUT2D eigenvalue weighted by Crippen LogP contribution is -2.26. The lowest BCUT2D eigenvalue weighted by atomic mass is 10.1. The summed E-state index contributed by atoms with van der Waals surface area (Å²) in [5.74, 6) is -0.373. The van der Waals surface area contributed by atoms with E-state index in [0.29, 0.717) is 22.4 Å². The molecule has 0 aliphatic rings. The number of phenolic OH excluding ortho intramolecular Hbond substituents is 2. The third-order valence-electron chi connectivity index (χ3n) is 4.14. The second-order valence-corrected chi connectivity index (χ2v) is 8.71. The zero-order chi connectivity index (χ0) is 23.8. The van der Waals surface area contributed by atoms with Crippen LogP contribution in [-0.4, -0.2) is 33.7 Å². The predicted molar refractivity (Wildman–Crippen MR) is 140 cm³/mol. The molecule has 0 aliphatic carbocycles.